The zero-order valence-corrected chi connectivity index (χ0v) is 12.7. The highest BCUT2D eigenvalue weighted by Crippen LogP contribution is 2.51. The Hall–Kier alpha value is 0.340. The lowest BCUT2D eigenvalue weighted by atomic mass is 9.87. The Morgan fingerprint density at radius 2 is 2.00 bits per heavy atom. The Labute approximate surface area is 130 Å². The van der Waals surface area contributed by atoms with Crippen LogP contribution in [0.4, 0.5) is 0 Å². The third-order valence-electron chi connectivity index (χ3n) is 3.68. The molecule has 0 saturated carbocycles. The number of aliphatic hydroxyl groups excluding tert-OH is 1. The number of alkyl halides is 3. The number of hydrogen-bond donors (Lipinski definition) is 1. The molecule has 0 aromatic rings. The van der Waals surface area contributed by atoms with Gasteiger partial charge >= 0.3 is 0 Å². The first kappa shape index (κ1) is 15.2. The Morgan fingerprint density at radius 1 is 1.30 bits per heavy atom. The first-order valence-corrected chi connectivity index (χ1v) is 7.22. The molecule has 0 radical (unpaired) electrons. The van der Waals surface area contributed by atoms with Crippen LogP contribution in [-0.2, 0) is 23.7 Å². The molecule has 6 nitrogen and oxygen atoms in total. The third-order valence-corrected chi connectivity index (χ3v) is 4.22. The standard InChI is InChI=1S/C11H13Cl3O6/c1-4(15)2-10-6(5(16)3-17-10)18-8-7(10)19-9(20-8)11(12,13)14/h5-9,16H,2-3H2,1H3/t5-,6+,7+,8-,9+,10-/m1/s1. The van der Waals surface area contributed by atoms with Crippen LogP contribution in [-0.4, -0.2) is 57.8 Å². The van der Waals surface area contributed by atoms with Crippen molar-refractivity contribution in [3.63, 3.8) is 0 Å². The van der Waals surface area contributed by atoms with Gasteiger partial charge in [-0.1, -0.05) is 34.8 Å². The number of fused-ring (bicyclic) bond motifs is 3. The lowest BCUT2D eigenvalue weighted by molar-refractivity contribution is -0.182. The molecular formula is C11H13Cl3O6. The molecule has 0 bridgehead atoms. The molecule has 114 valence electrons. The lowest BCUT2D eigenvalue weighted by Crippen LogP contribution is -2.50. The normalized spacial score (nSPS) is 47.4. The van der Waals surface area contributed by atoms with Crippen LogP contribution in [0.2, 0.25) is 0 Å². The summed E-state index contributed by atoms with van der Waals surface area (Å²) in [4.78, 5) is 11.5. The van der Waals surface area contributed by atoms with Gasteiger partial charge in [0.1, 0.15) is 29.7 Å². The van der Waals surface area contributed by atoms with Gasteiger partial charge in [0.05, 0.1) is 6.61 Å². The number of hydrogen-bond acceptors (Lipinski definition) is 6. The molecule has 6 atom stereocenters. The highest BCUT2D eigenvalue weighted by atomic mass is 35.6. The van der Waals surface area contributed by atoms with E-state index in [1.807, 2.05) is 0 Å². The molecule has 3 fully saturated rings. The minimum Gasteiger partial charge on any atom is -0.388 e. The molecule has 3 heterocycles. The van der Waals surface area contributed by atoms with Crippen molar-refractivity contribution in [1.82, 2.24) is 0 Å². The highest BCUT2D eigenvalue weighted by molar-refractivity contribution is 6.67. The fourth-order valence-electron chi connectivity index (χ4n) is 3.00. The number of ketones is 1. The van der Waals surface area contributed by atoms with E-state index in [1.54, 1.807) is 0 Å². The van der Waals surface area contributed by atoms with E-state index in [2.05, 4.69) is 0 Å². The molecule has 20 heavy (non-hydrogen) atoms. The first-order valence-electron chi connectivity index (χ1n) is 6.08. The molecule has 3 rings (SSSR count). The maximum atomic E-state index is 11.5. The molecule has 0 aliphatic carbocycles. The van der Waals surface area contributed by atoms with Gasteiger partial charge in [-0.3, -0.25) is 4.79 Å². The molecule has 0 unspecified atom stereocenters. The van der Waals surface area contributed by atoms with Crippen molar-refractivity contribution in [2.45, 2.75) is 53.6 Å². The van der Waals surface area contributed by atoms with Gasteiger partial charge in [-0.05, 0) is 6.92 Å². The van der Waals surface area contributed by atoms with Crippen LogP contribution in [0, 0.1) is 0 Å². The van der Waals surface area contributed by atoms with E-state index in [0.717, 1.165) is 0 Å². The van der Waals surface area contributed by atoms with Crippen LogP contribution >= 0.6 is 34.8 Å². The number of rotatable bonds is 2. The molecular weight excluding hydrogens is 334 g/mol. The summed E-state index contributed by atoms with van der Waals surface area (Å²) in [5, 5.41) is 9.91. The molecule has 3 saturated heterocycles. The number of halogens is 3. The number of Topliss-reactive ketones (excluding diaryl/α,β-unsaturated/α-hetero) is 1. The monoisotopic (exact) mass is 346 g/mol. The van der Waals surface area contributed by atoms with Crippen LogP contribution in [0.3, 0.4) is 0 Å². The van der Waals surface area contributed by atoms with Crippen molar-refractivity contribution in [2.75, 3.05) is 6.61 Å². The van der Waals surface area contributed by atoms with E-state index in [4.69, 9.17) is 53.8 Å². The molecule has 0 amide bonds. The van der Waals surface area contributed by atoms with E-state index in [-0.39, 0.29) is 18.8 Å². The molecule has 3 aliphatic rings. The summed E-state index contributed by atoms with van der Waals surface area (Å²) in [6.07, 6.45) is -4.19. The minimum atomic E-state index is -1.78. The van der Waals surface area contributed by atoms with Crippen LogP contribution < -0.4 is 0 Å². The Kier molecular flexibility index (Phi) is 3.75. The van der Waals surface area contributed by atoms with Gasteiger partial charge in [-0.25, -0.2) is 0 Å². The molecule has 0 aromatic carbocycles. The van der Waals surface area contributed by atoms with Crippen molar-refractivity contribution >= 4 is 40.6 Å². The Morgan fingerprint density at radius 3 is 2.60 bits per heavy atom. The molecule has 0 spiro atoms. The second kappa shape index (κ2) is 4.93. The summed E-state index contributed by atoms with van der Waals surface area (Å²) in [6, 6.07) is 0. The van der Waals surface area contributed by atoms with Crippen molar-refractivity contribution in [3.8, 4) is 0 Å². The quantitative estimate of drug-likeness (QED) is 0.749. The minimum absolute atomic E-state index is 0.0336. The molecule has 0 aromatic heterocycles. The average molecular weight is 348 g/mol. The highest BCUT2D eigenvalue weighted by Gasteiger charge is 2.69. The Balaban J connectivity index is 1.87. The van der Waals surface area contributed by atoms with E-state index in [9.17, 15) is 9.90 Å². The maximum Gasteiger partial charge on any atom is 0.241 e. The van der Waals surface area contributed by atoms with Gasteiger partial charge in [0.2, 0.25) is 10.1 Å². The number of aliphatic hydroxyl groups is 1. The summed E-state index contributed by atoms with van der Waals surface area (Å²) in [5.74, 6) is -0.116. The van der Waals surface area contributed by atoms with E-state index in [1.165, 1.54) is 6.92 Å². The zero-order chi connectivity index (χ0) is 14.7. The van der Waals surface area contributed by atoms with Crippen molar-refractivity contribution in [2.24, 2.45) is 0 Å². The van der Waals surface area contributed by atoms with Crippen LogP contribution in [0.15, 0.2) is 0 Å². The smallest absolute Gasteiger partial charge is 0.241 e. The molecule has 1 N–H and O–H groups in total. The summed E-state index contributed by atoms with van der Waals surface area (Å²) in [6.45, 7) is 1.48. The van der Waals surface area contributed by atoms with Gasteiger partial charge < -0.3 is 24.1 Å². The summed E-state index contributed by atoms with van der Waals surface area (Å²) < 4.78 is 20.4. The second-order valence-electron chi connectivity index (χ2n) is 5.20. The zero-order valence-electron chi connectivity index (χ0n) is 10.4. The van der Waals surface area contributed by atoms with E-state index in [0.29, 0.717) is 0 Å². The SMILES string of the molecule is CC(=O)C[C@@]12OC[C@@H](O)[C@@H]1O[C@@H]1O[C@@H](C(Cl)(Cl)Cl)O[C@@H]12. The van der Waals surface area contributed by atoms with Crippen LogP contribution in [0.5, 0.6) is 0 Å². The predicted molar refractivity (Wildman–Crippen MR) is 68.7 cm³/mol. The fraction of sp³-hybridized carbons (Fsp3) is 0.909. The third kappa shape index (κ3) is 2.27. The summed E-state index contributed by atoms with van der Waals surface area (Å²) in [5.41, 5.74) is -1.10. The predicted octanol–water partition coefficient (Wildman–Crippen LogP) is 0.932. The Bertz CT molecular complexity index is 427. The maximum absolute atomic E-state index is 11.5. The fourth-order valence-corrected chi connectivity index (χ4v) is 3.31. The van der Waals surface area contributed by atoms with Crippen LogP contribution in [0.1, 0.15) is 13.3 Å². The first-order chi connectivity index (χ1) is 9.24. The van der Waals surface area contributed by atoms with Gasteiger partial charge in [0, 0.05) is 6.42 Å². The number of carbonyl (C=O) groups excluding carboxylic acids is 1. The van der Waals surface area contributed by atoms with Crippen molar-refractivity contribution < 1.29 is 28.8 Å². The van der Waals surface area contributed by atoms with Gasteiger partial charge in [-0.15, -0.1) is 0 Å². The summed E-state index contributed by atoms with van der Waals surface area (Å²) in [7, 11) is 0. The van der Waals surface area contributed by atoms with E-state index < -0.39 is 40.3 Å². The largest absolute Gasteiger partial charge is 0.388 e. The molecule has 3 aliphatic heterocycles. The van der Waals surface area contributed by atoms with Crippen molar-refractivity contribution in [1.29, 1.82) is 0 Å². The van der Waals surface area contributed by atoms with E-state index >= 15 is 0 Å². The number of ether oxygens (including phenoxy) is 4. The van der Waals surface area contributed by atoms with Crippen molar-refractivity contribution in [3.05, 3.63) is 0 Å². The number of carbonyl (C=O) groups is 1. The average Bonchev–Trinajstić information content (AvgIpc) is 2.90. The molecule has 9 heteroatoms. The topological polar surface area (TPSA) is 74.2 Å². The van der Waals surface area contributed by atoms with Gasteiger partial charge in [0.25, 0.3) is 0 Å². The van der Waals surface area contributed by atoms with Gasteiger partial charge in [0.15, 0.2) is 6.29 Å². The summed E-state index contributed by atoms with van der Waals surface area (Å²) >= 11 is 17.2. The second-order valence-corrected chi connectivity index (χ2v) is 7.57. The lowest BCUT2D eigenvalue weighted by Gasteiger charge is -2.31. The van der Waals surface area contributed by atoms with Gasteiger partial charge in [-0.2, -0.15) is 0 Å². The van der Waals surface area contributed by atoms with Crippen LogP contribution in [0.25, 0.3) is 0 Å².